The Morgan fingerprint density at radius 3 is 0.490 bits per heavy atom. The molecule has 0 unspecified atom stereocenters. The monoisotopic (exact) mass is 712 g/mol. The van der Waals surface area contributed by atoms with Crippen molar-refractivity contribution in [1.29, 1.82) is 0 Å². The van der Waals surface area contributed by atoms with Crippen LogP contribution in [0.4, 0.5) is 0 Å². The molecule has 49 heavy (non-hydrogen) atoms. The second kappa shape index (κ2) is 48.2. The first-order chi connectivity index (χ1) is 23.8. The summed E-state index contributed by atoms with van der Waals surface area (Å²) in [6.45, 7) is 4.62. The number of nitrogens with two attached hydrogens (primary N) is 1. The van der Waals surface area contributed by atoms with Crippen LogP contribution in [0.5, 0.6) is 0 Å². The zero-order valence-electron chi connectivity index (χ0n) is 34.7. The smallest absolute Gasteiger partial charge is 0.00388 e. The van der Waals surface area contributed by atoms with E-state index in [1.807, 2.05) is 0 Å². The van der Waals surface area contributed by atoms with E-state index in [0.717, 1.165) is 0 Å². The van der Waals surface area contributed by atoms with Crippen LogP contribution in [-0.4, -0.2) is 6.04 Å². The molecule has 0 aromatic heterocycles. The third-order valence-corrected chi connectivity index (χ3v) is 11.4. The minimum atomic E-state index is 0. The molecule has 2 heteroatoms. The third-order valence-electron chi connectivity index (χ3n) is 11.4. The van der Waals surface area contributed by atoms with Gasteiger partial charge in [-0.3, -0.25) is 0 Å². The lowest BCUT2D eigenvalue weighted by molar-refractivity contribution is 0.477. The number of rotatable bonds is 44. The van der Waals surface area contributed by atoms with Gasteiger partial charge in [-0.1, -0.05) is 284 Å². The molecule has 0 saturated carbocycles. The van der Waals surface area contributed by atoms with Gasteiger partial charge in [0.15, 0.2) is 0 Å². The Hall–Kier alpha value is 0.250. The zero-order valence-corrected chi connectivity index (χ0v) is 35.5. The lowest BCUT2D eigenvalue weighted by atomic mass is 10.00. The number of unbranched alkanes of at least 4 members (excludes halogenated alkanes) is 40. The Labute approximate surface area is 319 Å². The van der Waals surface area contributed by atoms with Crippen molar-refractivity contribution in [1.82, 2.24) is 0 Å². The van der Waals surface area contributed by atoms with Gasteiger partial charge in [0.1, 0.15) is 0 Å². The molecule has 298 valence electrons. The Bertz CT molecular complexity index is 490. The number of halogens is 1. The van der Waals surface area contributed by atoms with Crippen molar-refractivity contribution in [2.24, 2.45) is 5.73 Å². The van der Waals surface area contributed by atoms with E-state index in [-0.39, 0.29) is 12.4 Å². The van der Waals surface area contributed by atoms with E-state index in [1.165, 1.54) is 283 Å². The summed E-state index contributed by atoms with van der Waals surface area (Å²) in [5.41, 5.74) is 6.44. The van der Waals surface area contributed by atoms with Crippen molar-refractivity contribution in [3.05, 3.63) is 0 Å². The summed E-state index contributed by atoms with van der Waals surface area (Å²) < 4.78 is 0. The summed E-state index contributed by atoms with van der Waals surface area (Å²) in [5.74, 6) is 0. The first-order valence-corrected chi connectivity index (χ1v) is 23.6. The van der Waals surface area contributed by atoms with Gasteiger partial charge < -0.3 is 5.73 Å². The van der Waals surface area contributed by atoms with Crippen LogP contribution in [0.25, 0.3) is 0 Å². The highest BCUT2D eigenvalue weighted by Gasteiger charge is 2.03. The lowest BCUT2D eigenvalue weighted by Gasteiger charge is -2.11. The molecule has 0 saturated heterocycles. The topological polar surface area (TPSA) is 26.0 Å². The predicted molar refractivity (Wildman–Crippen MR) is 230 cm³/mol. The van der Waals surface area contributed by atoms with E-state index in [2.05, 4.69) is 13.8 Å². The van der Waals surface area contributed by atoms with Crippen molar-refractivity contribution in [3.63, 3.8) is 0 Å². The third kappa shape index (κ3) is 48.2. The first-order valence-electron chi connectivity index (χ1n) is 23.6. The molecule has 0 heterocycles. The maximum Gasteiger partial charge on any atom is 0.00388 e. The van der Waals surface area contributed by atoms with Crippen LogP contribution in [0.2, 0.25) is 0 Å². The SMILES string of the molecule is CCCCCCCCCCCCCCCCCCCCCCCC(N)CCCCCCCCCCCCCCCCCCCCCCC.Cl. The van der Waals surface area contributed by atoms with E-state index in [0.29, 0.717) is 6.04 Å². The van der Waals surface area contributed by atoms with Crippen LogP contribution in [0.3, 0.4) is 0 Å². The Morgan fingerprint density at radius 2 is 0.347 bits per heavy atom. The van der Waals surface area contributed by atoms with Crippen LogP contribution >= 0.6 is 12.4 Å². The van der Waals surface area contributed by atoms with Gasteiger partial charge in [0.25, 0.3) is 0 Å². The van der Waals surface area contributed by atoms with E-state index in [9.17, 15) is 0 Å². The van der Waals surface area contributed by atoms with Gasteiger partial charge in [-0.15, -0.1) is 12.4 Å². The van der Waals surface area contributed by atoms with E-state index < -0.39 is 0 Å². The Balaban J connectivity index is 0. The Morgan fingerprint density at radius 1 is 0.224 bits per heavy atom. The molecule has 0 spiro atoms. The zero-order chi connectivity index (χ0) is 34.7. The molecule has 1 nitrogen and oxygen atoms in total. The molecule has 2 N–H and O–H groups in total. The van der Waals surface area contributed by atoms with E-state index in [1.54, 1.807) is 0 Å². The summed E-state index contributed by atoms with van der Waals surface area (Å²) in [7, 11) is 0. The second-order valence-corrected chi connectivity index (χ2v) is 16.5. The highest BCUT2D eigenvalue weighted by atomic mass is 35.5. The van der Waals surface area contributed by atoms with Crippen molar-refractivity contribution in [3.8, 4) is 0 Å². The maximum atomic E-state index is 6.44. The minimum Gasteiger partial charge on any atom is -0.328 e. The molecule has 0 atom stereocenters. The van der Waals surface area contributed by atoms with E-state index in [4.69, 9.17) is 5.73 Å². The van der Waals surface area contributed by atoms with Gasteiger partial charge in [-0.05, 0) is 12.8 Å². The van der Waals surface area contributed by atoms with Gasteiger partial charge in [0.2, 0.25) is 0 Å². The van der Waals surface area contributed by atoms with Crippen molar-refractivity contribution >= 4 is 12.4 Å². The molecule has 0 fully saturated rings. The van der Waals surface area contributed by atoms with Crippen molar-refractivity contribution < 1.29 is 0 Å². The average Bonchev–Trinajstić information content (AvgIpc) is 3.09. The van der Waals surface area contributed by atoms with Gasteiger partial charge in [-0.2, -0.15) is 0 Å². The fourth-order valence-electron chi connectivity index (χ4n) is 7.82. The molecule has 0 aromatic rings. The quantitative estimate of drug-likeness (QED) is 0.0626. The second-order valence-electron chi connectivity index (χ2n) is 16.5. The summed E-state index contributed by atoms with van der Waals surface area (Å²) in [4.78, 5) is 0. The van der Waals surface area contributed by atoms with Crippen LogP contribution in [0, 0.1) is 0 Å². The standard InChI is InChI=1S/C47H97N.ClH/c1-3-5-7-9-11-13-15-17-19-21-23-25-27-29-31-33-35-37-39-41-43-45-47(48)46-44-42-40-38-36-34-32-30-28-26-24-22-20-18-16-14-12-10-8-6-4-2;/h47H,3-46,48H2,1-2H3;1H. The fourth-order valence-corrected chi connectivity index (χ4v) is 7.82. The van der Waals surface area contributed by atoms with Crippen LogP contribution in [0.1, 0.15) is 296 Å². The fraction of sp³-hybridized carbons (Fsp3) is 1.00. The molecule has 0 amide bonds. The highest BCUT2D eigenvalue weighted by molar-refractivity contribution is 5.85. The van der Waals surface area contributed by atoms with Crippen molar-refractivity contribution in [2.75, 3.05) is 0 Å². The predicted octanol–water partition coefficient (Wildman–Crippen LogP) is 17.9. The van der Waals surface area contributed by atoms with Gasteiger partial charge >= 0.3 is 0 Å². The molecule has 0 rings (SSSR count). The van der Waals surface area contributed by atoms with E-state index >= 15 is 0 Å². The lowest BCUT2D eigenvalue weighted by Crippen LogP contribution is -2.19. The first kappa shape index (κ1) is 51.4. The van der Waals surface area contributed by atoms with Gasteiger partial charge in [0, 0.05) is 6.04 Å². The molecule has 0 aliphatic carbocycles. The summed E-state index contributed by atoms with van der Waals surface area (Å²) in [6.07, 6.45) is 63.8. The van der Waals surface area contributed by atoms with Crippen LogP contribution in [0.15, 0.2) is 0 Å². The normalized spacial score (nSPS) is 11.5. The summed E-state index contributed by atoms with van der Waals surface area (Å²) in [5, 5.41) is 0. The molecule has 0 radical (unpaired) electrons. The van der Waals surface area contributed by atoms with Crippen LogP contribution < -0.4 is 5.73 Å². The molecule has 0 aliphatic rings. The van der Waals surface area contributed by atoms with Crippen LogP contribution in [-0.2, 0) is 0 Å². The number of hydrogen-bond acceptors (Lipinski definition) is 1. The molecule has 0 aromatic carbocycles. The molecular formula is C47H98ClN. The highest BCUT2D eigenvalue weighted by Crippen LogP contribution is 2.18. The minimum absolute atomic E-state index is 0. The molecular weight excluding hydrogens is 614 g/mol. The van der Waals surface area contributed by atoms with Crippen molar-refractivity contribution in [2.45, 2.75) is 302 Å². The Kier molecular flexibility index (Phi) is 50.6. The summed E-state index contributed by atoms with van der Waals surface area (Å²) >= 11 is 0. The van der Waals surface area contributed by atoms with Gasteiger partial charge in [-0.25, -0.2) is 0 Å². The molecule has 0 bridgehead atoms. The number of hydrogen-bond donors (Lipinski definition) is 1. The average molecular weight is 713 g/mol. The molecule has 0 aliphatic heterocycles. The summed E-state index contributed by atoms with van der Waals surface area (Å²) in [6, 6.07) is 0.464. The maximum absolute atomic E-state index is 6.44. The largest absolute Gasteiger partial charge is 0.328 e. The van der Waals surface area contributed by atoms with Gasteiger partial charge in [0.05, 0.1) is 0 Å².